The standard InChI is InChI=1S/C26H51FO4Si3/c1-28-34(29-2,30-3)24-13-11-9-8-10-12-22-32(4,5)25-15-17-26(18-16-25)33(6,7)23-14-20-31-21-19-27/h15-18H,8-14,19-24H2,1-7H3. The Hall–Kier alpha value is -0.359. The molecule has 1 aromatic rings. The van der Waals surface area contributed by atoms with E-state index in [0.29, 0.717) is 6.61 Å². The Morgan fingerprint density at radius 1 is 0.588 bits per heavy atom. The van der Waals surface area contributed by atoms with E-state index in [9.17, 15) is 4.39 Å². The zero-order valence-corrected chi connectivity index (χ0v) is 26.0. The Kier molecular flexibility index (Phi) is 15.3. The molecule has 0 aliphatic rings. The minimum atomic E-state index is -2.39. The van der Waals surface area contributed by atoms with Crippen LogP contribution in [0.3, 0.4) is 0 Å². The van der Waals surface area contributed by atoms with Crippen molar-refractivity contribution in [2.24, 2.45) is 0 Å². The molecule has 0 saturated carbocycles. The molecule has 0 amide bonds. The fraction of sp³-hybridized carbons (Fsp3) is 0.769. The molecule has 0 N–H and O–H groups in total. The van der Waals surface area contributed by atoms with Crippen LogP contribution in [-0.2, 0) is 18.0 Å². The summed E-state index contributed by atoms with van der Waals surface area (Å²) in [6.45, 7) is 10.4. The summed E-state index contributed by atoms with van der Waals surface area (Å²) in [7, 11) is -0.191. The lowest BCUT2D eigenvalue weighted by molar-refractivity contribution is 0.119. The number of hydrogen-bond acceptors (Lipinski definition) is 4. The van der Waals surface area contributed by atoms with E-state index in [1.165, 1.54) is 49.4 Å². The molecule has 0 spiro atoms. The third-order valence-corrected chi connectivity index (χ3v) is 17.1. The molecule has 34 heavy (non-hydrogen) atoms. The first kappa shape index (κ1) is 31.7. The predicted molar refractivity (Wildman–Crippen MR) is 151 cm³/mol. The van der Waals surface area contributed by atoms with Crippen molar-refractivity contribution in [2.75, 3.05) is 41.2 Å². The van der Waals surface area contributed by atoms with Crippen LogP contribution in [0, 0.1) is 0 Å². The van der Waals surface area contributed by atoms with Gasteiger partial charge in [-0.05, 0) is 12.8 Å². The van der Waals surface area contributed by atoms with E-state index in [-0.39, 0.29) is 13.3 Å². The van der Waals surface area contributed by atoms with Crippen LogP contribution in [0.1, 0.15) is 44.9 Å². The van der Waals surface area contributed by atoms with Crippen molar-refractivity contribution < 1.29 is 22.4 Å². The van der Waals surface area contributed by atoms with Crippen molar-refractivity contribution in [1.82, 2.24) is 0 Å². The average Bonchev–Trinajstić information content (AvgIpc) is 2.83. The van der Waals surface area contributed by atoms with Crippen molar-refractivity contribution in [3.8, 4) is 0 Å². The minimum Gasteiger partial charge on any atom is -0.379 e. The quantitative estimate of drug-likeness (QED) is 0.150. The third-order valence-electron chi connectivity index (χ3n) is 7.23. The van der Waals surface area contributed by atoms with E-state index in [1.807, 2.05) is 0 Å². The van der Waals surface area contributed by atoms with Crippen LogP contribution in [0.25, 0.3) is 0 Å². The molecule has 8 heteroatoms. The summed E-state index contributed by atoms with van der Waals surface area (Å²) in [5.41, 5.74) is 0. The average molecular weight is 531 g/mol. The zero-order chi connectivity index (χ0) is 25.5. The maximum atomic E-state index is 12.2. The van der Waals surface area contributed by atoms with Gasteiger partial charge >= 0.3 is 8.80 Å². The number of hydrogen-bond donors (Lipinski definition) is 0. The van der Waals surface area contributed by atoms with E-state index < -0.39 is 25.0 Å². The van der Waals surface area contributed by atoms with Crippen molar-refractivity contribution >= 4 is 35.3 Å². The number of benzene rings is 1. The Labute approximate surface area is 212 Å². The molecule has 0 radical (unpaired) electrons. The number of alkyl halides is 1. The molecule has 0 aromatic heterocycles. The highest BCUT2D eigenvalue weighted by Gasteiger charge is 2.36. The molecule has 1 rings (SSSR count). The summed E-state index contributed by atoms with van der Waals surface area (Å²) in [6.07, 6.45) is 8.58. The van der Waals surface area contributed by atoms with E-state index in [4.69, 9.17) is 18.0 Å². The van der Waals surface area contributed by atoms with Gasteiger partial charge < -0.3 is 18.0 Å². The van der Waals surface area contributed by atoms with Gasteiger partial charge in [-0.25, -0.2) is 4.39 Å². The smallest absolute Gasteiger partial charge is 0.379 e. The highest BCUT2D eigenvalue weighted by Crippen LogP contribution is 2.20. The fourth-order valence-corrected chi connectivity index (χ4v) is 11.3. The summed E-state index contributed by atoms with van der Waals surface area (Å²) >= 11 is 0. The third kappa shape index (κ3) is 11.1. The molecule has 1 aromatic carbocycles. The lowest BCUT2D eigenvalue weighted by atomic mass is 10.1. The first-order chi connectivity index (χ1) is 16.2. The van der Waals surface area contributed by atoms with E-state index in [0.717, 1.165) is 18.9 Å². The topological polar surface area (TPSA) is 36.9 Å². The van der Waals surface area contributed by atoms with Gasteiger partial charge in [0.15, 0.2) is 0 Å². The van der Waals surface area contributed by atoms with Gasteiger partial charge in [0, 0.05) is 34.0 Å². The van der Waals surface area contributed by atoms with Gasteiger partial charge in [0.2, 0.25) is 0 Å². The van der Waals surface area contributed by atoms with Crippen LogP contribution in [0.5, 0.6) is 0 Å². The Bertz CT molecular complexity index is 644. The molecule has 198 valence electrons. The first-order valence-corrected chi connectivity index (χ1v) is 21.4. The fourth-order valence-electron chi connectivity index (χ4n) is 4.61. The van der Waals surface area contributed by atoms with E-state index >= 15 is 0 Å². The SMILES string of the molecule is CO[Si](CCCCCCCC[Si](C)(C)c1ccc([Si](C)(C)CCCOCCF)cc1)(OC)OC. The van der Waals surface area contributed by atoms with Gasteiger partial charge in [0.05, 0.1) is 22.8 Å². The summed E-state index contributed by atoms with van der Waals surface area (Å²) in [5, 5.41) is 3.10. The number of ether oxygens (including phenoxy) is 1. The van der Waals surface area contributed by atoms with E-state index in [2.05, 4.69) is 50.5 Å². The van der Waals surface area contributed by atoms with Crippen LogP contribution in [0.4, 0.5) is 4.39 Å². The Morgan fingerprint density at radius 3 is 1.44 bits per heavy atom. The van der Waals surface area contributed by atoms with Gasteiger partial charge in [-0.15, -0.1) is 0 Å². The molecule has 0 aliphatic heterocycles. The summed E-state index contributed by atoms with van der Waals surface area (Å²) in [5.74, 6) is 0. The van der Waals surface area contributed by atoms with Crippen molar-refractivity contribution in [2.45, 2.75) is 89.3 Å². The van der Waals surface area contributed by atoms with Crippen molar-refractivity contribution in [1.29, 1.82) is 0 Å². The molecule has 0 saturated heterocycles. The van der Waals surface area contributed by atoms with Crippen LogP contribution < -0.4 is 10.4 Å². The molecule has 0 bridgehead atoms. The largest absolute Gasteiger partial charge is 0.500 e. The van der Waals surface area contributed by atoms with Gasteiger partial charge in [-0.2, -0.15) is 0 Å². The summed E-state index contributed by atoms with van der Waals surface area (Å²) in [6, 6.07) is 13.0. The molecule has 0 fully saturated rings. The molecule has 0 atom stereocenters. The molecular formula is C26H51FO4Si3. The second-order valence-corrected chi connectivity index (χ2v) is 23.4. The maximum Gasteiger partial charge on any atom is 0.500 e. The van der Waals surface area contributed by atoms with Crippen LogP contribution >= 0.6 is 0 Å². The molecule has 0 unspecified atom stereocenters. The van der Waals surface area contributed by atoms with Gasteiger partial charge in [-0.3, -0.25) is 0 Å². The van der Waals surface area contributed by atoms with Crippen molar-refractivity contribution in [3.05, 3.63) is 24.3 Å². The summed E-state index contributed by atoms with van der Waals surface area (Å²) in [4.78, 5) is 0. The van der Waals surface area contributed by atoms with Gasteiger partial charge in [-0.1, -0.05) is 105 Å². The van der Waals surface area contributed by atoms with Crippen molar-refractivity contribution in [3.63, 3.8) is 0 Å². The van der Waals surface area contributed by atoms with Crippen LogP contribution in [-0.4, -0.2) is 66.2 Å². The lowest BCUT2D eigenvalue weighted by Crippen LogP contribution is -2.45. The minimum absolute atomic E-state index is 0.232. The Balaban J connectivity index is 2.36. The number of halogens is 1. The molecular weight excluding hydrogens is 480 g/mol. The van der Waals surface area contributed by atoms with Crippen LogP contribution in [0.15, 0.2) is 24.3 Å². The normalized spacial score (nSPS) is 12.9. The zero-order valence-electron chi connectivity index (χ0n) is 23.0. The highest BCUT2D eigenvalue weighted by atomic mass is 28.4. The second kappa shape index (κ2) is 16.4. The molecule has 4 nitrogen and oxygen atoms in total. The number of rotatable bonds is 20. The predicted octanol–water partition coefficient (Wildman–Crippen LogP) is 6.11. The monoisotopic (exact) mass is 530 g/mol. The molecule has 0 heterocycles. The van der Waals surface area contributed by atoms with Crippen LogP contribution in [0.2, 0.25) is 44.3 Å². The lowest BCUT2D eigenvalue weighted by Gasteiger charge is -2.26. The molecule has 0 aliphatic carbocycles. The van der Waals surface area contributed by atoms with E-state index in [1.54, 1.807) is 26.5 Å². The second-order valence-electron chi connectivity index (χ2n) is 10.7. The first-order valence-electron chi connectivity index (χ1n) is 13.1. The Morgan fingerprint density at radius 2 is 1.00 bits per heavy atom. The maximum absolute atomic E-state index is 12.2. The highest BCUT2D eigenvalue weighted by molar-refractivity contribution is 6.91. The van der Waals surface area contributed by atoms with Gasteiger partial charge in [0.1, 0.15) is 6.67 Å². The summed E-state index contributed by atoms with van der Waals surface area (Å²) < 4.78 is 34.0. The van der Waals surface area contributed by atoms with Gasteiger partial charge in [0.25, 0.3) is 0 Å². The number of unbranched alkanes of at least 4 members (excludes halogenated alkanes) is 5.